The quantitative estimate of drug-likeness (QED) is 0.712. The van der Waals surface area contributed by atoms with Crippen molar-refractivity contribution in [1.29, 1.82) is 0 Å². The number of amides is 1. The molecule has 0 unspecified atom stereocenters. The summed E-state index contributed by atoms with van der Waals surface area (Å²) in [5.74, 6) is 2.91. The lowest BCUT2D eigenvalue weighted by atomic mass is 10.1. The van der Waals surface area contributed by atoms with E-state index in [0.29, 0.717) is 6.42 Å². The third-order valence-corrected chi connectivity index (χ3v) is 6.21. The number of anilines is 2. The number of hydrogen-bond donors (Lipinski definition) is 0. The highest BCUT2D eigenvalue weighted by molar-refractivity contribution is 5.76. The van der Waals surface area contributed by atoms with E-state index in [-0.39, 0.29) is 5.91 Å². The largest absolute Gasteiger partial charge is 0.497 e. The van der Waals surface area contributed by atoms with Crippen LogP contribution in [-0.4, -0.2) is 67.2 Å². The molecule has 0 bridgehead atoms. The van der Waals surface area contributed by atoms with Gasteiger partial charge in [-0.05, 0) is 50.3 Å². The normalized spacial score (nSPS) is 17.0. The lowest BCUT2D eigenvalue weighted by molar-refractivity contribution is -0.131. The predicted octanol–water partition coefficient (Wildman–Crippen LogP) is 3.07. The fourth-order valence-electron chi connectivity index (χ4n) is 4.32. The smallest absolute Gasteiger partial charge is 0.227 e. The summed E-state index contributed by atoms with van der Waals surface area (Å²) in [6.07, 6.45) is 5.02. The minimum atomic E-state index is 0.225. The third-order valence-electron chi connectivity index (χ3n) is 6.21. The Hall–Kier alpha value is -2.83. The van der Waals surface area contributed by atoms with E-state index in [1.807, 2.05) is 36.1 Å². The Morgan fingerprint density at radius 3 is 2.32 bits per heavy atom. The number of piperazine rings is 1. The van der Waals surface area contributed by atoms with Crippen LogP contribution in [0.3, 0.4) is 0 Å². The molecule has 0 spiro atoms. The Kier molecular flexibility index (Phi) is 6.89. The number of carbonyl (C=O) groups excluding carboxylic acids is 1. The highest BCUT2D eigenvalue weighted by Crippen LogP contribution is 2.22. The molecule has 3 heterocycles. The van der Waals surface area contributed by atoms with E-state index < -0.39 is 0 Å². The second-order valence-corrected chi connectivity index (χ2v) is 8.43. The average Bonchev–Trinajstić information content (AvgIpc) is 2.83. The molecule has 7 nitrogen and oxygen atoms in total. The summed E-state index contributed by atoms with van der Waals surface area (Å²) in [6, 6.07) is 10.0. The van der Waals surface area contributed by atoms with Gasteiger partial charge in [0.05, 0.1) is 7.11 Å². The van der Waals surface area contributed by atoms with Gasteiger partial charge in [-0.25, -0.2) is 4.98 Å². The first-order valence-corrected chi connectivity index (χ1v) is 11.4. The molecular formula is C24H33N5O2. The van der Waals surface area contributed by atoms with Crippen molar-refractivity contribution in [3.63, 3.8) is 0 Å². The van der Waals surface area contributed by atoms with Gasteiger partial charge in [0.1, 0.15) is 11.6 Å². The van der Waals surface area contributed by atoms with Crippen LogP contribution < -0.4 is 14.5 Å². The van der Waals surface area contributed by atoms with Crippen molar-refractivity contribution in [3.05, 3.63) is 41.6 Å². The van der Waals surface area contributed by atoms with Gasteiger partial charge in [0.15, 0.2) is 0 Å². The number of nitrogens with zero attached hydrogens (tertiary/aromatic N) is 5. The van der Waals surface area contributed by atoms with Crippen molar-refractivity contribution in [3.8, 4) is 5.75 Å². The van der Waals surface area contributed by atoms with Crippen LogP contribution in [0.15, 0.2) is 30.3 Å². The first-order valence-electron chi connectivity index (χ1n) is 11.4. The summed E-state index contributed by atoms with van der Waals surface area (Å²) in [5.41, 5.74) is 2.16. The summed E-state index contributed by atoms with van der Waals surface area (Å²) in [5, 5.41) is 0. The van der Waals surface area contributed by atoms with Crippen LogP contribution in [0.2, 0.25) is 0 Å². The Bertz CT molecular complexity index is 872. The van der Waals surface area contributed by atoms with Crippen LogP contribution in [0.25, 0.3) is 0 Å². The molecule has 0 aliphatic carbocycles. The summed E-state index contributed by atoms with van der Waals surface area (Å²) in [7, 11) is 1.66. The number of ether oxygens (including phenoxy) is 1. The molecule has 31 heavy (non-hydrogen) atoms. The maximum Gasteiger partial charge on any atom is 0.227 e. The van der Waals surface area contributed by atoms with Crippen molar-refractivity contribution in [2.24, 2.45) is 0 Å². The zero-order valence-corrected chi connectivity index (χ0v) is 18.7. The van der Waals surface area contributed by atoms with Gasteiger partial charge >= 0.3 is 0 Å². The van der Waals surface area contributed by atoms with Crippen LogP contribution in [-0.2, 0) is 11.2 Å². The fourth-order valence-corrected chi connectivity index (χ4v) is 4.32. The standard InChI is InChI=1S/C24H33N5O2/c1-19-18-22(26-24(25-19)29-12-4-3-5-13-29)27-14-16-28(17-15-27)23(30)11-8-20-6-9-21(31-2)10-7-20/h6-7,9-10,18H,3-5,8,11-17H2,1-2H3. The van der Waals surface area contributed by atoms with Gasteiger partial charge in [-0.15, -0.1) is 0 Å². The maximum atomic E-state index is 12.7. The van der Waals surface area contributed by atoms with E-state index in [1.165, 1.54) is 19.3 Å². The molecule has 166 valence electrons. The molecule has 2 saturated heterocycles. The number of benzene rings is 1. The van der Waals surface area contributed by atoms with Crippen molar-refractivity contribution < 1.29 is 9.53 Å². The minimum Gasteiger partial charge on any atom is -0.497 e. The number of piperidine rings is 1. The lowest BCUT2D eigenvalue weighted by Crippen LogP contribution is -2.49. The first kappa shape index (κ1) is 21.4. The summed E-state index contributed by atoms with van der Waals surface area (Å²) >= 11 is 0. The molecule has 4 rings (SSSR count). The van der Waals surface area contributed by atoms with E-state index in [0.717, 1.165) is 74.5 Å². The van der Waals surface area contributed by atoms with E-state index in [2.05, 4.69) is 20.9 Å². The molecule has 2 aliphatic rings. The lowest BCUT2D eigenvalue weighted by Gasteiger charge is -2.36. The molecule has 7 heteroatoms. The van der Waals surface area contributed by atoms with Crippen molar-refractivity contribution in [1.82, 2.24) is 14.9 Å². The number of rotatable bonds is 6. The molecule has 0 atom stereocenters. The maximum absolute atomic E-state index is 12.7. The van der Waals surface area contributed by atoms with E-state index >= 15 is 0 Å². The van der Waals surface area contributed by atoms with Gasteiger partial charge in [0.2, 0.25) is 11.9 Å². The second kappa shape index (κ2) is 9.98. The molecule has 1 aromatic carbocycles. The second-order valence-electron chi connectivity index (χ2n) is 8.43. The highest BCUT2D eigenvalue weighted by Gasteiger charge is 2.23. The summed E-state index contributed by atoms with van der Waals surface area (Å²) in [4.78, 5) is 28.8. The highest BCUT2D eigenvalue weighted by atomic mass is 16.5. The van der Waals surface area contributed by atoms with Gasteiger partial charge in [0, 0.05) is 57.4 Å². The Labute approximate surface area is 185 Å². The van der Waals surface area contributed by atoms with Gasteiger partial charge in [0.25, 0.3) is 0 Å². The van der Waals surface area contributed by atoms with E-state index in [1.54, 1.807) is 7.11 Å². The van der Waals surface area contributed by atoms with E-state index in [9.17, 15) is 4.79 Å². The molecule has 0 saturated carbocycles. The first-order chi connectivity index (χ1) is 15.1. The summed E-state index contributed by atoms with van der Waals surface area (Å²) in [6.45, 7) is 7.22. The van der Waals surface area contributed by atoms with Gasteiger partial charge < -0.3 is 19.4 Å². The SMILES string of the molecule is COc1ccc(CCC(=O)N2CCN(c3cc(C)nc(N4CCCCC4)n3)CC2)cc1. The molecule has 2 aromatic rings. The zero-order chi connectivity index (χ0) is 21.6. The molecule has 0 N–H and O–H groups in total. The average molecular weight is 424 g/mol. The number of carbonyl (C=O) groups is 1. The molecule has 1 amide bonds. The van der Waals surface area contributed by atoms with Crippen LogP contribution in [0.5, 0.6) is 5.75 Å². The monoisotopic (exact) mass is 423 g/mol. The van der Waals surface area contributed by atoms with Crippen LogP contribution in [0, 0.1) is 6.92 Å². The van der Waals surface area contributed by atoms with Crippen LogP contribution >= 0.6 is 0 Å². The number of methoxy groups -OCH3 is 1. The fraction of sp³-hybridized carbons (Fsp3) is 0.542. The van der Waals surface area contributed by atoms with Crippen LogP contribution in [0.4, 0.5) is 11.8 Å². The summed E-state index contributed by atoms with van der Waals surface area (Å²) < 4.78 is 5.19. The Morgan fingerprint density at radius 2 is 1.65 bits per heavy atom. The molecular weight excluding hydrogens is 390 g/mol. The topological polar surface area (TPSA) is 61.8 Å². The molecule has 0 radical (unpaired) electrons. The van der Waals surface area contributed by atoms with E-state index in [4.69, 9.17) is 9.72 Å². The third kappa shape index (κ3) is 5.46. The van der Waals surface area contributed by atoms with Gasteiger partial charge in [-0.3, -0.25) is 4.79 Å². The van der Waals surface area contributed by atoms with Gasteiger partial charge in [-0.2, -0.15) is 4.98 Å². The number of aryl methyl sites for hydroxylation is 2. The number of aromatic nitrogens is 2. The molecule has 2 aliphatic heterocycles. The minimum absolute atomic E-state index is 0.225. The van der Waals surface area contributed by atoms with Gasteiger partial charge in [-0.1, -0.05) is 12.1 Å². The van der Waals surface area contributed by atoms with Crippen molar-refractivity contribution in [2.45, 2.75) is 39.0 Å². The Morgan fingerprint density at radius 1 is 0.935 bits per heavy atom. The molecule has 1 aromatic heterocycles. The Balaban J connectivity index is 1.30. The van der Waals surface area contributed by atoms with Crippen molar-refractivity contribution >= 4 is 17.7 Å². The van der Waals surface area contributed by atoms with Crippen molar-refractivity contribution in [2.75, 3.05) is 56.2 Å². The zero-order valence-electron chi connectivity index (χ0n) is 18.7. The van der Waals surface area contributed by atoms with Crippen LogP contribution in [0.1, 0.15) is 36.9 Å². The number of hydrogen-bond acceptors (Lipinski definition) is 6. The molecule has 2 fully saturated rings. The predicted molar refractivity (Wildman–Crippen MR) is 123 cm³/mol.